The summed E-state index contributed by atoms with van der Waals surface area (Å²) in [5.74, 6) is 1.02. The van der Waals surface area contributed by atoms with Crippen molar-refractivity contribution >= 4 is 50.3 Å². The van der Waals surface area contributed by atoms with Gasteiger partial charge in [-0.2, -0.15) is 14.9 Å². The third-order valence-corrected chi connectivity index (χ3v) is 6.46. The maximum Gasteiger partial charge on any atom is 0.290 e. The highest BCUT2D eigenvalue weighted by atomic mass is 35.5. The van der Waals surface area contributed by atoms with Crippen molar-refractivity contribution in [1.29, 1.82) is 0 Å². The number of halogens is 1. The molecule has 2 aromatic carbocycles. The first-order valence-electron chi connectivity index (χ1n) is 9.12. The average molecular weight is 439 g/mol. The van der Waals surface area contributed by atoms with Crippen LogP contribution in [0, 0.1) is 13.8 Å². The van der Waals surface area contributed by atoms with Crippen LogP contribution in [0.2, 0.25) is 5.02 Å². The number of ether oxygens (including phenoxy) is 2. The zero-order chi connectivity index (χ0) is 20.8. The zero-order valence-corrected chi connectivity index (χ0v) is 17.6. The molecule has 9 heteroatoms. The van der Waals surface area contributed by atoms with Crippen molar-refractivity contribution in [1.82, 2.24) is 9.78 Å². The third-order valence-electron chi connectivity index (χ3n) is 4.80. The Balaban J connectivity index is 1.48. The predicted molar refractivity (Wildman–Crippen MR) is 115 cm³/mol. The highest BCUT2D eigenvalue weighted by Gasteiger charge is 2.23. The number of aryl methyl sites for hydroxylation is 1. The second-order valence-electron chi connectivity index (χ2n) is 6.72. The number of hydrogen-bond donors (Lipinski definition) is 0. The molecule has 0 atom stereocenters. The van der Waals surface area contributed by atoms with E-state index in [0.29, 0.717) is 44.2 Å². The average Bonchev–Trinajstić information content (AvgIpc) is 3.42. The number of hydrogen-bond acceptors (Lipinski definition) is 7. The lowest BCUT2D eigenvalue weighted by Gasteiger charge is -2.01. The number of aromatic nitrogens is 2. The molecule has 0 N–H and O–H groups in total. The second kappa shape index (κ2) is 7.23. The summed E-state index contributed by atoms with van der Waals surface area (Å²) < 4.78 is 13.0. The van der Waals surface area contributed by atoms with Crippen LogP contribution in [-0.4, -0.2) is 22.5 Å². The first-order valence-corrected chi connectivity index (χ1v) is 10.3. The number of benzene rings is 2. The Bertz CT molecular complexity index is 1340. The molecule has 0 saturated carbocycles. The van der Waals surface area contributed by atoms with Crippen LogP contribution in [-0.2, 0) is 0 Å². The van der Waals surface area contributed by atoms with Crippen LogP contribution in [0.15, 0.2) is 52.7 Å². The van der Waals surface area contributed by atoms with Gasteiger partial charge in [0.05, 0.1) is 22.1 Å². The number of fused-ring (bicyclic) bond motifs is 2. The minimum atomic E-state index is -0.286. The highest BCUT2D eigenvalue weighted by Crippen LogP contribution is 2.38. The fraction of sp³-hybridized carbons (Fsp3) is 0.143. The normalized spacial score (nSPS) is 12.9. The van der Waals surface area contributed by atoms with E-state index in [9.17, 15) is 4.79 Å². The van der Waals surface area contributed by atoms with Crippen molar-refractivity contribution in [2.45, 2.75) is 13.8 Å². The number of carbonyl (C=O) groups is 1. The van der Waals surface area contributed by atoms with Gasteiger partial charge in [-0.05, 0) is 32.0 Å². The van der Waals surface area contributed by atoms with Crippen LogP contribution in [0.3, 0.4) is 0 Å². The van der Waals surface area contributed by atoms with Crippen LogP contribution >= 0.6 is 22.9 Å². The molecule has 3 heterocycles. The molecule has 2 aromatic heterocycles. The Labute approximate surface area is 180 Å². The highest BCUT2D eigenvalue weighted by molar-refractivity contribution is 7.21. The summed E-state index contributed by atoms with van der Waals surface area (Å²) >= 11 is 7.82. The van der Waals surface area contributed by atoms with Crippen molar-refractivity contribution in [3.05, 3.63) is 63.8 Å². The van der Waals surface area contributed by atoms with Crippen LogP contribution in [0.5, 0.6) is 11.5 Å². The van der Waals surface area contributed by atoms with Crippen LogP contribution in [0.1, 0.15) is 21.1 Å². The summed E-state index contributed by atoms with van der Waals surface area (Å²) in [5.41, 5.74) is 2.35. The molecule has 5 rings (SSSR count). The lowest BCUT2D eigenvalue weighted by Crippen LogP contribution is -2.14. The number of azo groups is 1. The van der Waals surface area contributed by atoms with Gasteiger partial charge in [0.1, 0.15) is 10.6 Å². The molecule has 4 aromatic rings. The van der Waals surface area contributed by atoms with Gasteiger partial charge in [0.2, 0.25) is 6.79 Å². The summed E-state index contributed by atoms with van der Waals surface area (Å²) in [6, 6.07) is 13.0. The van der Waals surface area contributed by atoms with E-state index < -0.39 is 0 Å². The first-order chi connectivity index (χ1) is 14.5. The van der Waals surface area contributed by atoms with E-state index in [1.807, 2.05) is 24.3 Å². The largest absolute Gasteiger partial charge is 0.454 e. The molecule has 0 bridgehead atoms. The number of carbonyl (C=O) groups excluding carboxylic acids is 1. The van der Waals surface area contributed by atoms with Gasteiger partial charge in [0, 0.05) is 16.2 Å². The molecule has 0 spiro atoms. The smallest absolute Gasteiger partial charge is 0.290 e. The topological polar surface area (TPSA) is 78.1 Å². The molecule has 30 heavy (non-hydrogen) atoms. The number of nitrogens with zero attached hydrogens (tertiary/aromatic N) is 4. The minimum Gasteiger partial charge on any atom is -0.454 e. The number of rotatable bonds is 3. The van der Waals surface area contributed by atoms with Crippen LogP contribution in [0.4, 0.5) is 11.4 Å². The molecule has 0 saturated heterocycles. The van der Waals surface area contributed by atoms with Gasteiger partial charge in [-0.25, -0.2) is 0 Å². The molecule has 0 aliphatic carbocycles. The van der Waals surface area contributed by atoms with Gasteiger partial charge < -0.3 is 9.47 Å². The number of thiophene rings is 1. The summed E-state index contributed by atoms with van der Waals surface area (Å²) in [7, 11) is 0. The molecule has 0 radical (unpaired) electrons. The van der Waals surface area contributed by atoms with E-state index >= 15 is 0 Å². The SMILES string of the molecule is Cc1nn(C(=O)c2sc3ccccc3c2Cl)c(C)c1N=Nc1ccc2c(c1)OCO2. The molecule has 1 aliphatic rings. The molecule has 150 valence electrons. The molecular weight excluding hydrogens is 424 g/mol. The lowest BCUT2D eigenvalue weighted by molar-refractivity contribution is 0.0946. The van der Waals surface area contributed by atoms with E-state index in [1.54, 1.807) is 32.0 Å². The molecule has 1 aliphatic heterocycles. The van der Waals surface area contributed by atoms with Gasteiger partial charge in [0.25, 0.3) is 5.91 Å². The van der Waals surface area contributed by atoms with E-state index in [0.717, 1.165) is 10.1 Å². The van der Waals surface area contributed by atoms with Crippen molar-refractivity contribution in [2.75, 3.05) is 6.79 Å². The molecule has 0 fully saturated rings. The van der Waals surface area contributed by atoms with Gasteiger partial charge in [0.15, 0.2) is 11.5 Å². The maximum atomic E-state index is 13.1. The van der Waals surface area contributed by atoms with Crippen LogP contribution < -0.4 is 9.47 Å². The fourth-order valence-electron chi connectivity index (χ4n) is 3.28. The van der Waals surface area contributed by atoms with Crippen molar-refractivity contribution < 1.29 is 14.3 Å². The van der Waals surface area contributed by atoms with Crippen molar-refractivity contribution in [3.8, 4) is 11.5 Å². The Morgan fingerprint density at radius 2 is 1.93 bits per heavy atom. The Kier molecular flexibility index (Phi) is 4.52. The minimum absolute atomic E-state index is 0.198. The molecule has 0 unspecified atom stereocenters. The van der Waals surface area contributed by atoms with E-state index in [4.69, 9.17) is 21.1 Å². The van der Waals surface area contributed by atoms with Gasteiger partial charge in [-0.3, -0.25) is 4.79 Å². The monoisotopic (exact) mass is 438 g/mol. The Morgan fingerprint density at radius 3 is 2.77 bits per heavy atom. The maximum absolute atomic E-state index is 13.1. The predicted octanol–water partition coefficient (Wildman–Crippen LogP) is 6.20. The van der Waals surface area contributed by atoms with Gasteiger partial charge >= 0.3 is 0 Å². The summed E-state index contributed by atoms with van der Waals surface area (Å²) in [4.78, 5) is 13.6. The Hall–Kier alpha value is -3.23. The first kappa shape index (κ1) is 18.8. The molecule has 7 nitrogen and oxygen atoms in total. The van der Waals surface area contributed by atoms with Gasteiger partial charge in [-0.1, -0.05) is 29.8 Å². The van der Waals surface area contributed by atoms with Gasteiger partial charge in [-0.15, -0.1) is 16.5 Å². The fourth-order valence-corrected chi connectivity index (χ4v) is 4.72. The van der Waals surface area contributed by atoms with Crippen molar-refractivity contribution in [3.63, 3.8) is 0 Å². The van der Waals surface area contributed by atoms with E-state index in [1.165, 1.54) is 16.0 Å². The molecular formula is C21H15ClN4O3S. The quantitative estimate of drug-likeness (QED) is 0.357. The van der Waals surface area contributed by atoms with E-state index in [2.05, 4.69) is 15.3 Å². The standard InChI is InChI=1S/C21H15ClN4O3S/c1-11-19(24-23-13-7-8-15-16(9-13)29-10-28-15)12(2)26(25-11)21(27)20-18(22)14-5-3-4-6-17(14)30-20/h3-9H,10H2,1-2H3. The molecule has 0 amide bonds. The second-order valence-corrected chi connectivity index (χ2v) is 8.15. The van der Waals surface area contributed by atoms with E-state index in [-0.39, 0.29) is 12.7 Å². The summed E-state index contributed by atoms with van der Waals surface area (Å²) in [6.07, 6.45) is 0. The third kappa shape index (κ3) is 3.05. The summed E-state index contributed by atoms with van der Waals surface area (Å²) in [5, 5.41) is 14.3. The summed E-state index contributed by atoms with van der Waals surface area (Å²) in [6.45, 7) is 3.77. The van der Waals surface area contributed by atoms with Crippen molar-refractivity contribution in [2.24, 2.45) is 10.2 Å². The van der Waals surface area contributed by atoms with Crippen LogP contribution in [0.25, 0.3) is 10.1 Å². The Morgan fingerprint density at radius 1 is 1.13 bits per heavy atom. The lowest BCUT2D eigenvalue weighted by atomic mass is 10.2. The zero-order valence-electron chi connectivity index (χ0n) is 16.0.